The Balaban J connectivity index is 1.40. The van der Waals surface area contributed by atoms with E-state index in [4.69, 9.17) is 4.74 Å². The number of hydrogen-bond acceptors (Lipinski definition) is 3. The number of fused-ring (bicyclic) bond motifs is 2. The van der Waals surface area contributed by atoms with Gasteiger partial charge in [-0.15, -0.1) is 0 Å². The lowest BCUT2D eigenvalue weighted by molar-refractivity contribution is -0.145. The van der Waals surface area contributed by atoms with Crippen molar-refractivity contribution in [2.45, 2.75) is 51.6 Å². The van der Waals surface area contributed by atoms with Crippen molar-refractivity contribution in [3.05, 3.63) is 60.2 Å². The van der Waals surface area contributed by atoms with E-state index in [-0.39, 0.29) is 23.8 Å². The van der Waals surface area contributed by atoms with Gasteiger partial charge in [-0.25, -0.2) is 4.39 Å². The van der Waals surface area contributed by atoms with Crippen LogP contribution in [-0.2, 0) is 9.53 Å². The van der Waals surface area contributed by atoms with Gasteiger partial charge < -0.3 is 4.74 Å². The maximum Gasteiger partial charge on any atom is 0.309 e. The summed E-state index contributed by atoms with van der Waals surface area (Å²) in [5.74, 6) is 1.77. The number of hydrogen-bond donors (Lipinski definition) is 0. The summed E-state index contributed by atoms with van der Waals surface area (Å²) in [4.78, 5) is 17.2. The molecule has 31 heavy (non-hydrogen) atoms. The first-order valence-electron chi connectivity index (χ1n) is 11.7. The summed E-state index contributed by atoms with van der Waals surface area (Å²) in [5.41, 5.74) is 2.63. The Labute approximate surface area is 183 Å². The molecule has 4 heteroatoms. The normalized spacial score (nSPS) is 32.5. The van der Waals surface area contributed by atoms with Crippen LogP contribution < -0.4 is 0 Å². The summed E-state index contributed by atoms with van der Waals surface area (Å²) in [6.45, 7) is 2.13. The van der Waals surface area contributed by atoms with Gasteiger partial charge in [-0.05, 0) is 66.9 Å². The minimum atomic E-state index is -0.242. The predicted octanol–water partition coefficient (Wildman–Crippen LogP) is 6.30. The Bertz CT molecular complexity index is 969. The minimum Gasteiger partial charge on any atom is -0.462 e. The summed E-state index contributed by atoms with van der Waals surface area (Å²) in [5, 5.41) is 0. The van der Waals surface area contributed by atoms with Crippen LogP contribution in [0.2, 0.25) is 0 Å². The van der Waals surface area contributed by atoms with E-state index in [1.54, 1.807) is 12.3 Å². The number of halogens is 1. The fourth-order valence-corrected chi connectivity index (χ4v) is 6.33. The number of pyridine rings is 1. The van der Waals surface area contributed by atoms with Gasteiger partial charge >= 0.3 is 5.97 Å². The van der Waals surface area contributed by atoms with Crippen molar-refractivity contribution in [3.8, 4) is 11.1 Å². The van der Waals surface area contributed by atoms with Gasteiger partial charge in [-0.2, -0.15) is 0 Å². The highest BCUT2D eigenvalue weighted by Gasteiger charge is 2.54. The van der Waals surface area contributed by atoms with Crippen LogP contribution in [-0.4, -0.2) is 17.1 Å². The molecule has 1 aromatic heterocycles. The molecule has 0 bridgehead atoms. The number of cyclic esters (lactones) is 1. The van der Waals surface area contributed by atoms with Gasteiger partial charge in [0.25, 0.3) is 0 Å². The van der Waals surface area contributed by atoms with E-state index in [2.05, 4.69) is 24.1 Å². The van der Waals surface area contributed by atoms with Crippen LogP contribution >= 0.6 is 0 Å². The lowest BCUT2D eigenvalue weighted by Crippen LogP contribution is -2.43. The van der Waals surface area contributed by atoms with Crippen LogP contribution in [0.5, 0.6) is 0 Å². The highest BCUT2D eigenvalue weighted by Crippen LogP contribution is 2.54. The van der Waals surface area contributed by atoms with E-state index in [9.17, 15) is 9.18 Å². The SMILES string of the molecule is CC[C@@H]1OC(=O)C2CC3CCCCC3C(/C=C/c3ccc(-c4cccc(F)c4)cn3)C21. The third-order valence-electron chi connectivity index (χ3n) is 7.76. The average molecular weight is 420 g/mol. The molecule has 3 aliphatic rings. The van der Waals surface area contributed by atoms with Gasteiger partial charge in [0.1, 0.15) is 11.9 Å². The lowest BCUT2D eigenvalue weighted by atomic mass is 9.57. The second kappa shape index (κ2) is 8.57. The van der Waals surface area contributed by atoms with Crippen molar-refractivity contribution in [2.75, 3.05) is 0 Å². The van der Waals surface area contributed by atoms with E-state index < -0.39 is 0 Å². The highest BCUT2D eigenvalue weighted by molar-refractivity contribution is 5.75. The zero-order valence-electron chi connectivity index (χ0n) is 18.0. The van der Waals surface area contributed by atoms with Crippen LogP contribution in [0.25, 0.3) is 17.2 Å². The van der Waals surface area contributed by atoms with Gasteiger partial charge in [-0.1, -0.05) is 50.5 Å². The summed E-state index contributed by atoms with van der Waals surface area (Å²) in [6.07, 6.45) is 13.2. The van der Waals surface area contributed by atoms with Crippen molar-refractivity contribution in [1.29, 1.82) is 0 Å². The topological polar surface area (TPSA) is 39.2 Å². The van der Waals surface area contributed by atoms with Crippen molar-refractivity contribution < 1.29 is 13.9 Å². The van der Waals surface area contributed by atoms with Crippen molar-refractivity contribution >= 4 is 12.0 Å². The van der Waals surface area contributed by atoms with Gasteiger partial charge in [-0.3, -0.25) is 9.78 Å². The number of rotatable bonds is 4. The van der Waals surface area contributed by atoms with Gasteiger partial charge in [0.15, 0.2) is 0 Å². The van der Waals surface area contributed by atoms with Gasteiger partial charge in [0.2, 0.25) is 0 Å². The average Bonchev–Trinajstić information content (AvgIpc) is 3.12. The molecule has 5 unspecified atom stereocenters. The maximum absolute atomic E-state index is 13.5. The second-order valence-corrected chi connectivity index (χ2v) is 9.43. The molecule has 3 fully saturated rings. The largest absolute Gasteiger partial charge is 0.462 e. The minimum absolute atomic E-state index is 0.0249. The fourth-order valence-electron chi connectivity index (χ4n) is 6.33. The van der Waals surface area contributed by atoms with Crippen molar-refractivity contribution in [1.82, 2.24) is 4.98 Å². The summed E-state index contributed by atoms with van der Waals surface area (Å²) in [7, 11) is 0. The van der Waals surface area contributed by atoms with Crippen molar-refractivity contribution in [3.63, 3.8) is 0 Å². The molecular weight excluding hydrogens is 389 g/mol. The molecule has 1 aliphatic heterocycles. The third kappa shape index (κ3) is 3.93. The molecule has 2 saturated carbocycles. The van der Waals surface area contributed by atoms with E-state index in [0.29, 0.717) is 23.7 Å². The molecule has 3 nitrogen and oxygen atoms in total. The molecule has 1 aromatic carbocycles. The molecular formula is C27H30FNO2. The number of benzene rings is 1. The molecule has 0 amide bonds. The molecule has 0 spiro atoms. The Morgan fingerprint density at radius 1 is 1.16 bits per heavy atom. The Kier molecular flexibility index (Phi) is 5.64. The number of carbonyl (C=O) groups is 1. The van der Waals surface area contributed by atoms with Crippen LogP contribution in [0.15, 0.2) is 48.7 Å². The Hall–Kier alpha value is -2.49. The van der Waals surface area contributed by atoms with Crippen LogP contribution in [0, 0.1) is 35.4 Å². The molecule has 6 atom stereocenters. The lowest BCUT2D eigenvalue weighted by Gasteiger charge is -2.46. The third-order valence-corrected chi connectivity index (χ3v) is 7.76. The second-order valence-electron chi connectivity index (χ2n) is 9.43. The first kappa shape index (κ1) is 20.4. The van der Waals surface area contributed by atoms with Crippen LogP contribution in [0.3, 0.4) is 0 Å². The fraction of sp³-hybridized carbons (Fsp3) is 0.481. The number of ether oxygens (including phenoxy) is 1. The predicted molar refractivity (Wildman–Crippen MR) is 119 cm³/mol. The number of allylic oxidation sites excluding steroid dienone is 1. The quantitative estimate of drug-likeness (QED) is 0.546. The number of aromatic nitrogens is 1. The van der Waals surface area contributed by atoms with E-state index in [1.807, 2.05) is 18.2 Å². The van der Waals surface area contributed by atoms with Gasteiger partial charge in [0, 0.05) is 17.7 Å². The zero-order valence-corrected chi connectivity index (χ0v) is 18.0. The van der Waals surface area contributed by atoms with Gasteiger partial charge in [0.05, 0.1) is 11.6 Å². The van der Waals surface area contributed by atoms with E-state index in [0.717, 1.165) is 29.7 Å². The molecule has 2 heterocycles. The summed E-state index contributed by atoms with van der Waals surface area (Å²) in [6, 6.07) is 10.6. The van der Waals surface area contributed by atoms with E-state index in [1.165, 1.54) is 37.8 Å². The number of nitrogens with zero attached hydrogens (tertiary/aromatic N) is 1. The molecule has 2 aromatic rings. The Morgan fingerprint density at radius 3 is 2.81 bits per heavy atom. The van der Waals surface area contributed by atoms with Crippen LogP contribution in [0.4, 0.5) is 4.39 Å². The Morgan fingerprint density at radius 2 is 2.03 bits per heavy atom. The molecule has 0 radical (unpaired) electrons. The van der Waals surface area contributed by atoms with Crippen LogP contribution in [0.1, 0.15) is 51.1 Å². The first-order valence-corrected chi connectivity index (χ1v) is 11.7. The number of esters is 1. The molecule has 1 saturated heterocycles. The molecule has 2 aliphatic carbocycles. The highest BCUT2D eigenvalue weighted by atomic mass is 19.1. The number of carbonyl (C=O) groups excluding carboxylic acids is 1. The summed E-state index contributed by atoms with van der Waals surface area (Å²) < 4.78 is 19.3. The van der Waals surface area contributed by atoms with E-state index >= 15 is 0 Å². The summed E-state index contributed by atoms with van der Waals surface area (Å²) >= 11 is 0. The maximum atomic E-state index is 13.5. The molecule has 5 rings (SSSR count). The molecule has 162 valence electrons. The first-order chi connectivity index (χ1) is 15.1. The molecule has 0 N–H and O–H groups in total. The standard InChI is InChI=1S/C27H30FNO2/c1-2-25-26-23(22-9-4-3-6-18(22)15-24(26)27(30)31-25)13-12-21-11-10-19(16-29-21)17-7-5-8-20(28)14-17/h5,7-8,10-14,16,18,22-26H,2-4,6,9,15H2,1H3/b13-12+/t18?,22?,23?,24?,25-,26?/m0/s1. The zero-order chi connectivity index (χ0) is 21.4. The smallest absolute Gasteiger partial charge is 0.309 e. The monoisotopic (exact) mass is 419 g/mol. The van der Waals surface area contributed by atoms with Crippen molar-refractivity contribution in [2.24, 2.45) is 29.6 Å².